The minimum Gasteiger partial charge on any atom is -0.354 e. The van der Waals surface area contributed by atoms with E-state index in [1.165, 1.54) is 12.1 Å². The molecule has 7 heteroatoms. The summed E-state index contributed by atoms with van der Waals surface area (Å²) in [5, 5.41) is 2.70. The summed E-state index contributed by atoms with van der Waals surface area (Å²) in [5.41, 5.74) is 5.05. The third-order valence-corrected chi connectivity index (χ3v) is 3.67. The summed E-state index contributed by atoms with van der Waals surface area (Å²) < 4.78 is 38.1. The van der Waals surface area contributed by atoms with Crippen molar-refractivity contribution >= 4 is 18.3 Å². The summed E-state index contributed by atoms with van der Waals surface area (Å²) in [6.45, 7) is 1.90. The second kappa shape index (κ2) is 6.23. The molecule has 1 atom stereocenters. The lowest BCUT2D eigenvalue weighted by atomic mass is 9.94. The van der Waals surface area contributed by atoms with E-state index in [1.54, 1.807) is 13.0 Å². The van der Waals surface area contributed by atoms with Gasteiger partial charge in [0.15, 0.2) is 0 Å². The van der Waals surface area contributed by atoms with E-state index in [9.17, 15) is 18.0 Å². The third-order valence-electron chi connectivity index (χ3n) is 3.67. The number of carbonyl (C=O) groups excluding carboxylic acids is 1. The van der Waals surface area contributed by atoms with Crippen molar-refractivity contribution in [2.75, 3.05) is 6.54 Å². The highest BCUT2D eigenvalue weighted by Crippen LogP contribution is 2.48. The van der Waals surface area contributed by atoms with Crippen LogP contribution in [0.1, 0.15) is 30.9 Å². The molecular weight excluding hydrogens is 305 g/mol. The van der Waals surface area contributed by atoms with Gasteiger partial charge in [0.05, 0.1) is 11.6 Å². The van der Waals surface area contributed by atoms with Crippen molar-refractivity contribution in [2.45, 2.75) is 37.4 Å². The number of rotatable bonds is 4. The molecule has 1 fully saturated rings. The smallest absolute Gasteiger partial charge is 0.354 e. The van der Waals surface area contributed by atoms with Gasteiger partial charge in [-0.2, -0.15) is 13.2 Å². The van der Waals surface area contributed by atoms with Crippen LogP contribution in [-0.4, -0.2) is 18.5 Å². The van der Waals surface area contributed by atoms with Crippen molar-refractivity contribution in [3.05, 3.63) is 35.4 Å². The third kappa shape index (κ3) is 4.11. The Morgan fingerprint density at radius 2 is 2.05 bits per heavy atom. The van der Waals surface area contributed by atoms with Gasteiger partial charge in [-0.1, -0.05) is 18.2 Å². The van der Waals surface area contributed by atoms with Gasteiger partial charge in [-0.15, -0.1) is 12.4 Å². The maximum atomic E-state index is 12.7. The molecule has 0 aliphatic heterocycles. The first kappa shape index (κ1) is 17.8. The summed E-state index contributed by atoms with van der Waals surface area (Å²) in [6, 6.07) is 4.70. The Morgan fingerprint density at radius 1 is 1.43 bits per heavy atom. The lowest BCUT2D eigenvalue weighted by Crippen LogP contribution is -2.41. The monoisotopic (exact) mass is 322 g/mol. The molecule has 21 heavy (non-hydrogen) atoms. The van der Waals surface area contributed by atoms with Crippen LogP contribution in [0.5, 0.6) is 0 Å². The van der Waals surface area contributed by atoms with Crippen molar-refractivity contribution < 1.29 is 18.0 Å². The fourth-order valence-corrected chi connectivity index (χ4v) is 2.16. The molecule has 118 valence electrons. The van der Waals surface area contributed by atoms with Crippen LogP contribution in [0, 0.1) is 0 Å². The predicted molar refractivity (Wildman–Crippen MR) is 76.3 cm³/mol. The first-order chi connectivity index (χ1) is 9.24. The van der Waals surface area contributed by atoms with Crippen LogP contribution < -0.4 is 11.1 Å². The minimum atomic E-state index is -4.35. The van der Waals surface area contributed by atoms with Crippen LogP contribution in [0.3, 0.4) is 0 Å². The van der Waals surface area contributed by atoms with E-state index in [-0.39, 0.29) is 23.7 Å². The Labute approximate surface area is 127 Å². The van der Waals surface area contributed by atoms with E-state index in [4.69, 9.17) is 5.73 Å². The molecule has 0 saturated heterocycles. The lowest BCUT2D eigenvalue weighted by molar-refractivity contribution is -0.137. The molecule has 1 saturated carbocycles. The lowest BCUT2D eigenvalue weighted by Gasteiger charge is -2.19. The Kier molecular flexibility index (Phi) is 5.28. The van der Waals surface area contributed by atoms with Gasteiger partial charge in [0, 0.05) is 12.0 Å². The Hall–Kier alpha value is -1.27. The molecule has 1 aliphatic rings. The molecule has 0 spiro atoms. The molecule has 1 amide bonds. The number of alkyl halides is 3. The average Bonchev–Trinajstić information content (AvgIpc) is 3.16. The Balaban J connectivity index is 0.00000220. The summed E-state index contributed by atoms with van der Waals surface area (Å²) in [4.78, 5) is 11.5. The van der Waals surface area contributed by atoms with E-state index in [0.29, 0.717) is 12.1 Å². The van der Waals surface area contributed by atoms with E-state index in [2.05, 4.69) is 5.32 Å². The highest BCUT2D eigenvalue weighted by Gasteiger charge is 2.45. The highest BCUT2D eigenvalue weighted by molar-refractivity contribution is 5.85. The van der Waals surface area contributed by atoms with Gasteiger partial charge in [0.1, 0.15) is 0 Å². The molecule has 1 aliphatic carbocycles. The maximum absolute atomic E-state index is 12.7. The van der Waals surface area contributed by atoms with E-state index in [1.807, 2.05) is 0 Å². The van der Waals surface area contributed by atoms with Gasteiger partial charge in [0.2, 0.25) is 5.91 Å². The minimum absolute atomic E-state index is 0. The fourth-order valence-electron chi connectivity index (χ4n) is 2.16. The molecule has 0 unspecified atom stereocenters. The van der Waals surface area contributed by atoms with E-state index < -0.39 is 17.8 Å². The average molecular weight is 323 g/mol. The summed E-state index contributed by atoms with van der Waals surface area (Å²) in [5.74, 6) is -0.289. The molecule has 0 radical (unpaired) electrons. The zero-order valence-electron chi connectivity index (χ0n) is 11.5. The van der Waals surface area contributed by atoms with Gasteiger partial charge in [-0.3, -0.25) is 4.79 Å². The molecular formula is C14H18ClF3N2O. The molecule has 3 N–H and O–H groups in total. The Bertz CT molecular complexity index is 513. The van der Waals surface area contributed by atoms with Crippen molar-refractivity contribution in [1.82, 2.24) is 5.32 Å². The van der Waals surface area contributed by atoms with Gasteiger partial charge >= 0.3 is 6.18 Å². The van der Waals surface area contributed by atoms with Crippen LogP contribution in [0.2, 0.25) is 0 Å². The predicted octanol–water partition coefficient (Wildman–Crippen LogP) is 2.62. The highest BCUT2D eigenvalue weighted by atomic mass is 35.5. The summed E-state index contributed by atoms with van der Waals surface area (Å²) in [6.07, 6.45) is -2.80. The van der Waals surface area contributed by atoms with Crippen molar-refractivity contribution in [3.63, 3.8) is 0 Å². The van der Waals surface area contributed by atoms with Crippen molar-refractivity contribution in [1.29, 1.82) is 0 Å². The van der Waals surface area contributed by atoms with Crippen molar-refractivity contribution in [2.24, 2.45) is 5.73 Å². The number of carbonyl (C=O) groups is 1. The topological polar surface area (TPSA) is 55.1 Å². The number of halogens is 4. The first-order valence-electron chi connectivity index (χ1n) is 6.46. The number of nitrogens with one attached hydrogen (secondary N) is 1. The molecule has 3 nitrogen and oxygen atoms in total. The first-order valence-corrected chi connectivity index (χ1v) is 6.46. The van der Waals surface area contributed by atoms with Crippen LogP contribution in [0.25, 0.3) is 0 Å². The maximum Gasteiger partial charge on any atom is 0.416 e. The molecule has 0 aromatic heterocycles. The summed E-state index contributed by atoms with van der Waals surface area (Å²) in [7, 11) is 0. The van der Waals surface area contributed by atoms with Crippen molar-refractivity contribution in [3.8, 4) is 0 Å². The molecule has 0 bridgehead atoms. The zero-order chi connectivity index (χ0) is 15.0. The fraction of sp³-hybridized carbons (Fsp3) is 0.500. The van der Waals surface area contributed by atoms with E-state index in [0.717, 1.165) is 18.9 Å². The van der Waals surface area contributed by atoms with Crippen LogP contribution in [0.15, 0.2) is 24.3 Å². The van der Waals surface area contributed by atoms with Gasteiger partial charge in [-0.05, 0) is 31.4 Å². The molecule has 1 aromatic rings. The number of hydrogen-bond donors (Lipinski definition) is 2. The van der Waals surface area contributed by atoms with Crippen LogP contribution >= 0.6 is 12.4 Å². The van der Waals surface area contributed by atoms with Crippen LogP contribution in [0.4, 0.5) is 13.2 Å². The molecule has 0 heterocycles. The molecule has 2 rings (SSSR count). The second-order valence-corrected chi connectivity index (χ2v) is 5.37. The van der Waals surface area contributed by atoms with Crippen LogP contribution in [-0.2, 0) is 16.4 Å². The quantitative estimate of drug-likeness (QED) is 0.895. The standard InChI is InChI=1S/C14H17F3N2O.ClH/c1-9(18)12(20)19-8-13(5-6-13)10-3-2-4-11(7-10)14(15,16)17;/h2-4,7,9H,5-6,8,18H2,1H3,(H,19,20);1H/t9-;/m0./s1. The largest absolute Gasteiger partial charge is 0.416 e. The van der Waals surface area contributed by atoms with Gasteiger partial charge in [-0.25, -0.2) is 0 Å². The summed E-state index contributed by atoms with van der Waals surface area (Å²) >= 11 is 0. The number of nitrogens with two attached hydrogens (primary N) is 1. The second-order valence-electron chi connectivity index (χ2n) is 5.37. The SMILES string of the molecule is C[C@H](N)C(=O)NCC1(c2cccc(C(F)(F)F)c2)CC1.Cl. The van der Waals surface area contributed by atoms with E-state index >= 15 is 0 Å². The number of amides is 1. The normalized spacial score (nSPS) is 17.6. The zero-order valence-corrected chi connectivity index (χ0v) is 12.4. The molecule has 1 aromatic carbocycles. The Morgan fingerprint density at radius 3 is 2.52 bits per heavy atom. The van der Waals surface area contributed by atoms with Gasteiger partial charge < -0.3 is 11.1 Å². The number of hydrogen-bond acceptors (Lipinski definition) is 2. The van der Waals surface area contributed by atoms with Gasteiger partial charge in [0.25, 0.3) is 0 Å². The number of benzene rings is 1.